The van der Waals surface area contributed by atoms with E-state index in [4.69, 9.17) is 11.6 Å². The number of para-hydroxylation sites is 1. The van der Waals surface area contributed by atoms with Crippen molar-refractivity contribution in [2.24, 2.45) is 4.99 Å². The minimum Gasteiger partial charge on any atom is -0.356 e. The van der Waals surface area contributed by atoms with E-state index >= 15 is 0 Å². The maximum absolute atomic E-state index is 11.9. The second-order valence-corrected chi connectivity index (χ2v) is 6.73. The predicted octanol–water partition coefficient (Wildman–Crippen LogP) is 3.79. The number of hydrogen-bond acceptors (Lipinski definition) is 2. The topological polar surface area (TPSA) is 65.5 Å². The number of guanidine groups is 1. The quantitative estimate of drug-likeness (QED) is 0.334. The van der Waals surface area contributed by atoms with Gasteiger partial charge in [-0.3, -0.25) is 9.79 Å². The third-order valence-corrected chi connectivity index (χ3v) is 4.68. The van der Waals surface area contributed by atoms with Crippen LogP contribution in [0.15, 0.2) is 53.5 Å². The Kier molecular flexibility index (Phi) is 8.37. The summed E-state index contributed by atoms with van der Waals surface area (Å²) in [6.07, 6.45) is 1.33. The van der Waals surface area contributed by atoms with Crippen LogP contribution in [0.1, 0.15) is 23.5 Å². The number of carbonyl (C=O) groups excluding carboxylic acids is 1. The van der Waals surface area contributed by atoms with Crippen LogP contribution in [0.3, 0.4) is 0 Å². The molecule has 0 aromatic heterocycles. The summed E-state index contributed by atoms with van der Waals surface area (Å²) in [6, 6.07) is 15.8. The van der Waals surface area contributed by atoms with Crippen LogP contribution >= 0.6 is 35.6 Å². The number of halogens is 2. The standard InChI is InChI=1S/C20H23ClN4O.HI/c1-22-20(23-10-9-14-5-4-6-16(21)11-14)24-13-15-12-19(26)25-18-8-3-2-7-17(15)18;/h2-8,11,15H,9-10,12-13H2,1H3,(H,25,26)(H2,22,23,24);1H. The van der Waals surface area contributed by atoms with E-state index in [1.54, 1.807) is 7.05 Å². The number of benzene rings is 2. The largest absolute Gasteiger partial charge is 0.356 e. The second-order valence-electron chi connectivity index (χ2n) is 6.30. The summed E-state index contributed by atoms with van der Waals surface area (Å²) < 4.78 is 0. The molecule has 0 bridgehead atoms. The average Bonchev–Trinajstić information content (AvgIpc) is 2.64. The molecule has 7 heteroatoms. The van der Waals surface area contributed by atoms with E-state index in [1.165, 1.54) is 5.56 Å². The first kappa shape index (κ1) is 21.5. The molecular weight excluding hydrogens is 475 g/mol. The van der Waals surface area contributed by atoms with Crippen LogP contribution in [0.4, 0.5) is 5.69 Å². The van der Waals surface area contributed by atoms with Gasteiger partial charge in [-0.05, 0) is 35.7 Å². The number of fused-ring (bicyclic) bond motifs is 1. The van der Waals surface area contributed by atoms with Crippen molar-refractivity contribution in [1.82, 2.24) is 10.6 Å². The molecule has 0 aliphatic carbocycles. The van der Waals surface area contributed by atoms with Crippen LogP contribution in [-0.2, 0) is 11.2 Å². The van der Waals surface area contributed by atoms with E-state index in [0.717, 1.165) is 35.2 Å². The van der Waals surface area contributed by atoms with E-state index in [1.807, 2.05) is 36.4 Å². The third kappa shape index (κ3) is 6.10. The van der Waals surface area contributed by atoms with Crippen molar-refractivity contribution in [2.75, 3.05) is 25.5 Å². The summed E-state index contributed by atoms with van der Waals surface area (Å²) in [5.74, 6) is 0.918. The number of nitrogens with zero attached hydrogens (tertiary/aromatic N) is 1. The zero-order valence-corrected chi connectivity index (χ0v) is 18.3. The van der Waals surface area contributed by atoms with Crippen molar-refractivity contribution in [3.63, 3.8) is 0 Å². The average molecular weight is 499 g/mol. The number of anilines is 1. The smallest absolute Gasteiger partial charge is 0.225 e. The van der Waals surface area contributed by atoms with Gasteiger partial charge in [0.1, 0.15) is 0 Å². The Morgan fingerprint density at radius 2 is 2.04 bits per heavy atom. The zero-order valence-electron chi connectivity index (χ0n) is 15.2. The summed E-state index contributed by atoms with van der Waals surface area (Å²) in [5.41, 5.74) is 3.24. The van der Waals surface area contributed by atoms with E-state index in [0.29, 0.717) is 13.0 Å². The fourth-order valence-corrected chi connectivity index (χ4v) is 3.36. The summed E-state index contributed by atoms with van der Waals surface area (Å²) in [5, 5.41) is 10.3. The van der Waals surface area contributed by atoms with Gasteiger partial charge in [0.15, 0.2) is 5.96 Å². The highest BCUT2D eigenvalue weighted by molar-refractivity contribution is 14.0. The van der Waals surface area contributed by atoms with Gasteiger partial charge in [-0.1, -0.05) is 41.9 Å². The summed E-state index contributed by atoms with van der Waals surface area (Å²) in [6.45, 7) is 1.41. The maximum Gasteiger partial charge on any atom is 0.225 e. The minimum atomic E-state index is 0. The Bertz CT molecular complexity index is 812. The van der Waals surface area contributed by atoms with Gasteiger partial charge in [0.25, 0.3) is 0 Å². The Morgan fingerprint density at radius 1 is 1.22 bits per heavy atom. The van der Waals surface area contributed by atoms with Crippen molar-refractivity contribution in [2.45, 2.75) is 18.8 Å². The SMILES string of the molecule is CN=C(NCCc1cccc(Cl)c1)NCC1CC(=O)Nc2ccccc21.I. The van der Waals surface area contributed by atoms with E-state index in [2.05, 4.69) is 33.1 Å². The molecule has 0 saturated carbocycles. The van der Waals surface area contributed by atoms with Gasteiger partial charge in [-0.25, -0.2) is 0 Å². The van der Waals surface area contributed by atoms with Crippen LogP contribution in [0.5, 0.6) is 0 Å². The number of amides is 1. The first-order valence-electron chi connectivity index (χ1n) is 8.73. The molecule has 3 N–H and O–H groups in total. The maximum atomic E-state index is 11.9. The molecule has 1 aliphatic heterocycles. The van der Waals surface area contributed by atoms with Crippen molar-refractivity contribution in [1.29, 1.82) is 0 Å². The van der Waals surface area contributed by atoms with Gasteiger partial charge in [-0.2, -0.15) is 0 Å². The molecule has 1 atom stereocenters. The molecule has 1 heterocycles. The molecule has 1 unspecified atom stereocenters. The van der Waals surface area contributed by atoms with Crippen molar-refractivity contribution < 1.29 is 4.79 Å². The lowest BCUT2D eigenvalue weighted by atomic mass is 9.90. The van der Waals surface area contributed by atoms with Gasteiger partial charge < -0.3 is 16.0 Å². The molecule has 2 aromatic rings. The number of hydrogen-bond donors (Lipinski definition) is 3. The number of nitrogens with one attached hydrogen (secondary N) is 3. The molecule has 1 aliphatic rings. The fraction of sp³-hybridized carbons (Fsp3) is 0.300. The summed E-state index contributed by atoms with van der Waals surface area (Å²) in [4.78, 5) is 16.2. The molecule has 1 amide bonds. The highest BCUT2D eigenvalue weighted by atomic mass is 127. The highest BCUT2D eigenvalue weighted by Crippen LogP contribution is 2.31. The molecule has 144 valence electrons. The molecule has 3 rings (SSSR count). The monoisotopic (exact) mass is 498 g/mol. The lowest BCUT2D eigenvalue weighted by Gasteiger charge is -2.26. The van der Waals surface area contributed by atoms with Crippen molar-refractivity contribution in [3.05, 3.63) is 64.7 Å². The van der Waals surface area contributed by atoms with Crippen LogP contribution in [0.2, 0.25) is 5.02 Å². The Hall–Kier alpha value is -1.80. The zero-order chi connectivity index (χ0) is 18.4. The third-order valence-electron chi connectivity index (χ3n) is 4.44. The van der Waals surface area contributed by atoms with E-state index in [9.17, 15) is 4.79 Å². The Balaban J connectivity index is 0.00000261. The summed E-state index contributed by atoms with van der Waals surface area (Å²) in [7, 11) is 1.75. The normalized spacial score (nSPS) is 16.0. The molecule has 2 aromatic carbocycles. The Morgan fingerprint density at radius 3 is 2.81 bits per heavy atom. The molecule has 27 heavy (non-hydrogen) atoms. The predicted molar refractivity (Wildman–Crippen MR) is 122 cm³/mol. The first-order valence-corrected chi connectivity index (χ1v) is 9.11. The van der Waals surface area contributed by atoms with Crippen LogP contribution in [0, 0.1) is 0 Å². The lowest BCUT2D eigenvalue weighted by molar-refractivity contribution is -0.116. The second kappa shape index (κ2) is 10.5. The molecule has 0 spiro atoms. The minimum absolute atomic E-state index is 0. The first-order chi connectivity index (χ1) is 12.7. The van der Waals surface area contributed by atoms with E-state index in [-0.39, 0.29) is 35.8 Å². The molecule has 0 radical (unpaired) electrons. The molecular formula is C20H24ClIN4O. The highest BCUT2D eigenvalue weighted by Gasteiger charge is 2.24. The van der Waals surface area contributed by atoms with Gasteiger partial charge >= 0.3 is 0 Å². The number of rotatable bonds is 5. The van der Waals surface area contributed by atoms with Gasteiger partial charge in [0.2, 0.25) is 5.91 Å². The van der Waals surface area contributed by atoms with E-state index < -0.39 is 0 Å². The Labute approximate surface area is 182 Å². The van der Waals surface area contributed by atoms with Crippen LogP contribution < -0.4 is 16.0 Å². The number of aliphatic imine (C=N–C) groups is 1. The molecule has 5 nitrogen and oxygen atoms in total. The van der Waals surface area contributed by atoms with Crippen LogP contribution in [-0.4, -0.2) is 32.0 Å². The molecule has 0 fully saturated rings. The van der Waals surface area contributed by atoms with Gasteiger partial charge in [0.05, 0.1) is 0 Å². The number of carbonyl (C=O) groups is 1. The van der Waals surface area contributed by atoms with Gasteiger partial charge in [0, 0.05) is 43.2 Å². The van der Waals surface area contributed by atoms with Gasteiger partial charge in [-0.15, -0.1) is 24.0 Å². The fourth-order valence-electron chi connectivity index (χ4n) is 3.14. The summed E-state index contributed by atoms with van der Waals surface area (Å²) >= 11 is 6.01. The van der Waals surface area contributed by atoms with Crippen molar-refractivity contribution >= 4 is 53.1 Å². The molecule has 0 saturated heterocycles. The lowest BCUT2D eigenvalue weighted by Crippen LogP contribution is -2.41. The van der Waals surface area contributed by atoms with Crippen LogP contribution in [0.25, 0.3) is 0 Å². The van der Waals surface area contributed by atoms with Crippen molar-refractivity contribution in [3.8, 4) is 0 Å².